The van der Waals surface area contributed by atoms with E-state index in [0.29, 0.717) is 0 Å². The molecular weight excluding hydrogens is 139 g/mol. The summed E-state index contributed by atoms with van der Waals surface area (Å²) >= 11 is 0. The van der Waals surface area contributed by atoms with Crippen LogP contribution in [0.2, 0.25) is 0 Å². The summed E-state index contributed by atoms with van der Waals surface area (Å²) in [5.41, 5.74) is 0. The molecule has 0 atom stereocenters. The number of unbranched alkanes of at least 4 members (excludes halogenated alkanes) is 3. The monoisotopic (exact) mass is 152 g/mol. The minimum absolute atomic E-state index is 0. The van der Waals surface area contributed by atoms with Crippen LogP contribution in [0.15, 0.2) is 0 Å². The van der Waals surface area contributed by atoms with E-state index in [2.05, 4.69) is 6.92 Å². The van der Waals surface area contributed by atoms with E-state index in [1.165, 1.54) is 0 Å². The molecule has 10 heavy (non-hydrogen) atoms. The van der Waals surface area contributed by atoms with Crippen LogP contribution in [-0.2, 0) is 4.79 Å². The molecule has 0 unspecified atom stereocenters. The van der Waals surface area contributed by atoms with Crippen LogP contribution in [-0.4, -0.2) is 5.97 Å². The quantitative estimate of drug-likeness (QED) is 0.328. The summed E-state index contributed by atoms with van der Waals surface area (Å²) in [5, 5.41) is 9.85. The first-order valence-electron chi connectivity index (χ1n) is 3.47. The van der Waals surface area contributed by atoms with E-state index in [4.69, 9.17) is 0 Å². The summed E-state index contributed by atoms with van der Waals surface area (Å²) in [7, 11) is 0. The Hall–Kier alpha value is 0.470. The molecule has 0 aromatic rings. The number of carboxylic acids is 1. The molecular formula is C7H13NaO2. The third-order valence-electron chi connectivity index (χ3n) is 1.23. The molecule has 0 saturated carbocycles. The fourth-order valence-electron chi connectivity index (χ4n) is 0.696. The predicted molar refractivity (Wildman–Crippen MR) is 33.8 cm³/mol. The van der Waals surface area contributed by atoms with Crippen molar-refractivity contribution in [3.8, 4) is 0 Å². The van der Waals surface area contributed by atoms with Crippen molar-refractivity contribution in [2.24, 2.45) is 0 Å². The van der Waals surface area contributed by atoms with Crippen molar-refractivity contribution in [3.05, 3.63) is 0 Å². The Morgan fingerprint density at radius 3 is 2.30 bits per heavy atom. The summed E-state index contributed by atoms with van der Waals surface area (Å²) in [6.45, 7) is 2.10. The first-order valence-corrected chi connectivity index (χ1v) is 3.47. The van der Waals surface area contributed by atoms with Gasteiger partial charge in [-0.05, 0) is 12.8 Å². The van der Waals surface area contributed by atoms with Crippen LogP contribution in [0, 0.1) is 0 Å². The number of carboxylic acid groups (broad SMARTS) is 1. The molecule has 0 rings (SSSR count). The maximum atomic E-state index is 9.85. The fraction of sp³-hybridized carbons (Fsp3) is 0.857. The van der Waals surface area contributed by atoms with Gasteiger partial charge in [-0.1, -0.05) is 26.2 Å². The molecule has 0 radical (unpaired) electrons. The first kappa shape index (κ1) is 13.1. The van der Waals surface area contributed by atoms with Crippen LogP contribution < -0.4 is 34.7 Å². The summed E-state index contributed by atoms with van der Waals surface area (Å²) in [4.78, 5) is 9.85. The van der Waals surface area contributed by atoms with E-state index in [9.17, 15) is 9.90 Å². The van der Waals surface area contributed by atoms with Gasteiger partial charge in [0.2, 0.25) is 0 Å². The Balaban J connectivity index is 0. The number of carbonyl (C=O) groups is 1. The molecule has 0 amide bonds. The van der Waals surface area contributed by atoms with Gasteiger partial charge in [0, 0.05) is 5.97 Å². The molecule has 0 aromatic carbocycles. The largest absolute Gasteiger partial charge is 1.00 e. The molecule has 2 nitrogen and oxygen atoms in total. The average Bonchev–Trinajstić information content (AvgIpc) is 1.80. The SMILES string of the molecule is CCCCCCC(=O)[O-].[Na+]. The zero-order valence-corrected chi connectivity index (χ0v) is 8.85. The predicted octanol–water partition coefficient (Wildman–Crippen LogP) is -2.29. The van der Waals surface area contributed by atoms with E-state index >= 15 is 0 Å². The second-order valence-electron chi connectivity index (χ2n) is 2.18. The van der Waals surface area contributed by atoms with Gasteiger partial charge in [-0.2, -0.15) is 0 Å². The van der Waals surface area contributed by atoms with E-state index in [1.807, 2.05) is 0 Å². The van der Waals surface area contributed by atoms with Crippen molar-refractivity contribution in [1.82, 2.24) is 0 Å². The molecule has 0 aromatic heterocycles. The van der Waals surface area contributed by atoms with Crippen LogP contribution in [0.1, 0.15) is 39.0 Å². The maximum absolute atomic E-state index is 9.85. The van der Waals surface area contributed by atoms with Crippen LogP contribution in [0.25, 0.3) is 0 Å². The molecule has 0 N–H and O–H groups in total. The summed E-state index contributed by atoms with van der Waals surface area (Å²) in [6.07, 6.45) is 4.29. The summed E-state index contributed by atoms with van der Waals surface area (Å²) < 4.78 is 0. The van der Waals surface area contributed by atoms with Crippen molar-refractivity contribution in [2.45, 2.75) is 39.0 Å². The number of carbonyl (C=O) groups excluding carboxylic acids is 1. The van der Waals surface area contributed by atoms with Crippen molar-refractivity contribution in [2.75, 3.05) is 0 Å². The van der Waals surface area contributed by atoms with Gasteiger partial charge in [0.25, 0.3) is 0 Å². The molecule has 0 saturated heterocycles. The van der Waals surface area contributed by atoms with Crippen LogP contribution in [0.5, 0.6) is 0 Å². The Bertz CT molecular complexity index is 83.7. The minimum atomic E-state index is -0.925. The molecule has 0 aliphatic rings. The first-order chi connectivity index (χ1) is 4.27. The smallest absolute Gasteiger partial charge is 0.550 e. The molecule has 3 heteroatoms. The van der Waals surface area contributed by atoms with Gasteiger partial charge >= 0.3 is 29.6 Å². The normalized spacial score (nSPS) is 8.50. The van der Waals surface area contributed by atoms with Crippen molar-refractivity contribution in [1.29, 1.82) is 0 Å². The summed E-state index contributed by atoms with van der Waals surface area (Å²) in [5.74, 6) is -0.925. The van der Waals surface area contributed by atoms with Gasteiger partial charge in [-0.25, -0.2) is 0 Å². The fourth-order valence-corrected chi connectivity index (χ4v) is 0.696. The van der Waals surface area contributed by atoms with Gasteiger partial charge in [-0.3, -0.25) is 0 Å². The number of hydrogen-bond donors (Lipinski definition) is 0. The average molecular weight is 152 g/mol. The second-order valence-corrected chi connectivity index (χ2v) is 2.18. The van der Waals surface area contributed by atoms with Gasteiger partial charge in [0.1, 0.15) is 0 Å². The third-order valence-corrected chi connectivity index (χ3v) is 1.23. The van der Waals surface area contributed by atoms with Crippen LogP contribution in [0.4, 0.5) is 0 Å². The van der Waals surface area contributed by atoms with Crippen LogP contribution in [0.3, 0.4) is 0 Å². The topological polar surface area (TPSA) is 40.1 Å². The Kier molecular flexibility index (Phi) is 12.4. The Morgan fingerprint density at radius 1 is 1.30 bits per heavy atom. The minimum Gasteiger partial charge on any atom is -0.550 e. The van der Waals surface area contributed by atoms with E-state index in [-0.39, 0.29) is 36.0 Å². The van der Waals surface area contributed by atoms with Gasteiger partial charge in [-0.15, -0.1) is 0 Å². The molecule has 0 fully saturated rings. The zero-order chi connectivity index (χ0) is 7.11. The van der Waals surface area contributed by atoms with Gasteiger partial charge in [0.15, 0.2) is 0 Å². The van der Waals surface area contributed by atoms with Gasteiger partial charge in [0.05, 0.1) is 0 Å². The van der Waals surface area contributed by atoms with E-state index in [1.54, 1.807) is 0 Å². The standard InChI is InChI=1S/C7H14O2.Na/c1-2-3-4-5-6-7(8)9;/h2-6H2,1H3,(H,8,9);/q;+1/p-1. The van der Waals surface area contributed by atoms with E-state index < -0.39 is 5.97 Å². The molecule has 0 spiro atoms. The number of aliphatic carboxylic acids is 1. The Morgan fingerprint density at radius 2 is 1.90 bits per heavy atom. The zero-order valence-electron chi connectivity index (χ0n) is 6.85. The van der Waals surface area contributed by atoms with Gasteiger partial charge < -0.3 is 9.90 Å². The number of hydrogen-bond acceptors (Lipinski definition) is 2. The maximum Gasteiger partial charge on any atom is 1.00 e. The molecule has 0 heterocycles. The van der Waals surface area contributed by atoms with Crippen molar-refractivity contribution < 1.29 is 39.5 Å². The Labute approximate surface area is 84.3 Å². The van der Waals surface area contributed by atoms with Crippen LogP contribution >= 0.6 is 0 Å². The molecule has 0 bridgehead atoms. The second kappa shape index (κ2) is 9.47. The summed E-state index contributed by atoms with van der Waals surface area (Å²) in [6, 6.07) is 0. The van der Waals surface area contributed by atoms with Crippen molar-refractivity contribution >= 4 is 5.97 Å². The van der Waals surface area contributed by atoms with Crippen molar-refractivity contribution in [3.63, 3.8) is 0 Å². The third kappa shape index (κ3) is 11.3. The van der Waals surface area contributed by atoms with E-state index in [0.717, 1.165) is 25.7 Å². The molecule has 0 aliphatic heterocycles. The number of rotatable bonds is 5. The molecule has 54 valence electrons. The molecule has 0 aliphatic carbocycles.